The lowest BCUT2D eigenvalue weighted by Gasteiger charge is -2.50. The normalized spacial score (nSPS) is 34.8. The first kappa shape index (κ1) is 13.2. The Morgan fingerprint density at radius 2 is 1.67 bits per heavy atom. The van der Waals surface area contributed by atoms with Crippen molar-refractivity contribution in [1.29, 1.82) is 5.26 Å². The van der Waals surface area contributed by atoms with Gasteiger partial charge in [-0.3, -0.25) is 0 Å². The number of hydrogen-bond donors (Lipinski definition) is 1. The summed E-state index contributed by atoms with van der Waals surface area (Å²) in [5, 5.41) is 12.3. The summed E-state index contributed by atoms with van der Waals surface area (Å²) in [5.41, 5.74) is -0.696. The predicted octanol–water partition coefficient (Wildman–Crippen LogP) is 3.13. The van der Waals surface area contributed by atoms with Gasteiger partial charge in [-0.25, -0.2) is 4.79 Å². The van der Waals surface area contributed by atoms with Gasteiger partial charge in [0.25, 0.3) is 0 Å². The van der Waals surface area contributed by atoms with E-state index in [1.165, 1.54) is 0 Å². The molecule has 3 fully saturated rings. The van der Waals surface area contributed by atoms with Crippen LogP contribution >= 0.6 is 0 Å². The minimum atomic E-state index is -0.458. The number of carbonyl (C=O) groups excluding carboxylic acids is 1. The lowest BCUT2D eigenvalue weighted by Crippen LogP contribution is -2.57. The second-order valence-electron chi connectivity index (χ2n) is 6.80. The van der Waals surface area contributed by atoms with Crippen LogP contribution < -0.4 is 5.32 Å². The third-order valence-corrected chi connectivity index (χ3v) is 4.25. The molecule has 3 aliphatic rings. The fourth-order valence-corrected chi connectivity index (χ4v) is 3.06. The van der Waals surface area contributed by atoms with E-state index in [4.69, 9.17) is 4.74 Å². The number of alkyl carbamates (subject to hydrolysis) is 1. The number of amides is 1. The van der Waals surface area contributed by atoms with E-state index in [-0.39, 0.29) is 17.0 Å². The highest BCUT2D eigenvalue weighted by molar-refractivity contribution is 5.69. The Morgan fingerprint density at radius 3 is 2.06 bits per heavy atom. The van der Waals surface area contributed by atoms with Crippen molar-refractivity contribution in [2.75, 3.05) is 0 Å². The first-order valence-corrected chi connectivity index (χ1v) is 6.71. The fraction of sp³-hybridized carbons (Fsp3) is 0.857. The van der Waals surface area contributed by atoms with Crippen molar-refractivity contribution >= 4 is 6.09 Å². The number of hydrogen-bond acceptors (Lipinski definition) is 3. The molecule has 2 bridgehead atoms. The molecule has 0 aromatic rings. The summed E-state index contributed by atoms with van der Waals surface area (Å²) in [5.74, 6) is 0. The molecule has 100 valence electrons. The molecule has 0 atom stereocenters. The van der Waals surface area contributed by atoms with Gasteiger partial charge in [-0.05, 0) is 59.3 Å². The zero-order valence-electron chi connectivity index (χ0n) is 11.5. The Bertz CT molecular complexity index is 365. The summed E-state index contributed by atoms with van der Waals surface area (Å²) >= 11 is 0. The minimum Gasteiger partial charge on any atom is -0.444 e. The Morgan fingerprint density at radius 1 is 1.17 bits per heavy atom. The van der Waals surface area contributed by atoms with Crippen LogP contribution in [0, 0.1) is 16.7 Å². The Labute approximate surface area is 109 Å². The van der Waals surface area contributed by atoms with E-state index >= 15 is 0 Å². The van der Waals surface area contributed by atoms with Crippen LogP contribution in [0.2, 0.25) is 0 Å². The highest BCUT2D eigenvalue weighted by atomic mass is 16.6. The summed E-state index contributed by atoms with van der Waals surface area (Å²) in [6.07, 6.45) is 5.09. The predicted molar refractivity (Wildman–Crippen MR) is 67.8 cm³/mol. The molecule has 4 nitrogen and oxygen atoms in total. The molecule has 0 saturated heterocycles. The van der Waals surface area contributed by atoms with E-state index in [1.54, 1.807) is 0 Å². The zero-order valence-corrected chi connectivity index (χ0v) is 11.5. The van der Waals surface area contributed by atoms with Crippen molar-refractivity contribution in [2.45, 2.75) is 70.4 Å². The van der Waals surface area contributed by atoms with Gasteiger partial charge in [0.2, 0.25) is 0 Å². The van der Waals surface area contributed by atoms with Crippen molar-refractivity contribution in [3.05, 3.63) is 0 Å². The Balaban J connectivity index is 1.96. The topological polar surface area (TPSA) is 62.1 Å². The summed E-state index contributed by atoms with van der Waals surface area (Å²) in [4.78, 5) is 11.9. The maximum absolute atomic E-state index is 11.9. The maximum Gasteiger partial charge on any atom is 0.408 e. The first-order valence-electron chi connectivity index (χ1n) is 6.71. The van der Waals surface area contributed by atoms with Gasteiger partial charge in [0.1, 0.15) is 5.60 Å². The average Bonchev–Trinajstić information content (AvgIpc) is 2.28. The van der Waals surface area contributed by atoms with Gasteiger partial charge < -0.3 is 10.1 Å². The molecule has 0 spiro atoms. The minimum absolute atomic E-state index is 0.114. The lowest BCUT2D eigenvalue weighted by atomic mass is 9.58. The first-order chi connectivity index (χ1) is 8.28. The second-order valence-corrected chi connectivity index (χ2v) is 6.80. The van der Waals surface area contributed by atoms with E-state index in [0.29, 0.717) is 0 Å². The quantitative estimate of drug-likeness (QED) is 0.777. The maximum atomic E-state index is 11.9. The van der Waals surface area contributed by atoms with Crippen LogP contribution in [-0.4, -0.2) is 17.2 Å². The van der Waals surface area contributed by atoms with Crippen molar-refractivity contribution in [3.8, 4) is 6.07 Å². The van der Waals surface area contributed by atoms with E-state index in [9.17, 15) is 10.1 Å². The van der Waals surface area contributed by atoms with Crippen molar-refractivity contribution in [2.24, 2.45) is 5.41 Å². The largest absolute Gasteiger partial charge is 0.444 e. The highest BCUT2D eigenvalue weighted by Gasteiger charge is 2.49. The standard InChI is InChI=1S/C14H22N2O2/c1-12(2,3)18-11(17)16-14-7-4-13(10-15,5-8-14)6-9-14/h4-9H2,1-3H3,(H,16,17). The van der Waals surface area contributed by atoms with Gasteiger partial charge in [0, 0.05) is 5.54 Å². The monoisotopic (exact) mass is 250 g/mol. The van der Waals surface area contributed by atoms with Gasteiger partial charge in [-0.2, -0.15) is 5.26 Å². The molecule has 0 aromatic heterocycles. The average molecular weight is 250 g/mol. The number of nitrogens with zero attached hydrogens (tertiary/aromatic N) is 1. The molecule has 0 heterocycles. The smallest absolute Gasteiger partial charge is 0.408 e. The molecular formula is C14H22N2O2. The fourth-order valence-electron chi connectivity index (χ4n) is 3.06. The van der Waals surface area contributed by atoms with Crippen LogP contribution in [0.1, 0.15) is 59.3 Å². The Kier molecular flexibility index (Phi) is 3.04. The third kappa shape index (κ3) is 2.60. The molecule has 3 rings (SSSR count). The molecule has 3 saturated carbocycles. The lowest BCUT2D eigenvalue weighted by molar-refractivity contribution is 0.0216. The molecule has 0 unspecified atom stereocenters. The van der Waals surface area contributed by atoms with E-state index in [0.717, 1.165) is 38.5 Å². The molecule has 0 aliphatic heterocycles. The number of nitriles is 1. The van der Waals surface area contributed by atoms with Crippen LogP contribution in [0.5, 0.6) is 0 Å². The summed E-state index contributed by atoms with van der Waals surface area (Å²) in [6, 6.07) is 2.47. The molecule has 1 N–H and O–H groups in total. The number of rotatable bonds is 1. The Hall–Kier alpha value is -1.24. The number of carbonyl (C=O) groups is 1. The molecule has 18 heavy (non-hydrogen) atoms. The number of ether oxygens (including phenoxy) is 1. The summed E-state index contributed by atoms with van der Waals surface area (Å²) in [7, 11) is 0. The summed E-state index contributed by atoms with van der Waals surface area (Å²) < 4.78 is 5.32. The molecule has 3 aliphatic carbocycles. The van der Waals surface area contributed by atoms with E-state index < -0.39 is 5.60 Å². The van der Waals surface area contributed by atoms with E-state index in [2.05, 4.69) is 11.4 Å². The number of nitrogens with one attached hydrogen (secondary N) is 1. The molecule has 0 radical (unpaired) electrons. The number of fused-ring (bicyclic) bond motifs is 3. The van der Waals surface area contributed by atoms with Crippen LogP contribution in [0.25, 0.3) is 0 Å². The van der Waals surface area contributed by atoms with Gasteiger partial charge in [-0.15, -0.1) is 0 Å². The molecule has 4 heteroatoms. The van der Waals surface area contributed by atoms with Crippen LogP contribution in [0.4, 0.5) is 4.79 Å². The van der Waals surface area contributed by atoms with Crippen LogP contribution in [-0.2, 0) is 4.74 Å². The van der Waals surface area contributed by atoms with Gasteiger partial charge in [0.15, 0.2) is 0 Å². The molecular weight excluding hydrogens is 228 g/mol. The van der Waals surface area contributed by atoms with Crippen LogP contribution in [0.15, 0.2) is 0 Å². The highest BCUT2D eigenvalue weighted by Crippen LogP contribution is 2.51. The van der Waals surface area contributed by atoms with Gasteiger partial charge >= 0.3 is 6.09 Å². The second kappa shape index (κ2) is 4.15. The van der Waals surface area contributed by atoms with E-state index in [1.807, 2.05) is 20.8 Å². The van der Waals surface area contributed by atoms with Gasteiger partial charge in [0.05, 0.1) is 11.5 Å². The third-order valence-electron chi connectivity index (χ3n) is 4.25. The summed E-state index contributed by atoms with van der Waals surface area (Å²) in [6.45, 7) is 5.60. The SMILES string of the molecule is CC(C)(C)OC(=O)NC12CCC(C#N)(CC1)CC2. The van der Waals surface area contributed by atoms with Crippen molar-refractivity contribution < 1.29 is 9.53 Å². The molecule has 1 amide bonds. The molecule has 0 aromatic carbocycles. The van der Waals surface area contributed by atoms with Gasteiger partial charge in [-0.1, -0.05) is 0 Å². The van der Waals surface area contributed by atoms with Crippen LogP contribution in [0.3, 0.4) is 0 Å². The van der Waals surface area contributed by atoms with Crippen molar-refractivity contribution in [1.82, 2.24) is 5.32 Å². The zero-order chi connectivity index (χ0) is 13.4. The van der Waals surface area contributed by atoms with Crippen molar-refractivity contribution in [3.63, 3.8) is 0 Å².